The fourth-order valence-corrected chi connectivity index (χ4v) is 3.37. The lowest BCUT2D eigenvalue weighted by atomic mass is 9.95. The van der Waals surface area contributed by atoms with Gasteiger partial charge in [-0.3, -0.25) is 4.99 Å². The molecule has 0 atom stereocenters. The Morgan fingerprint density at radius 2 is 1.27 bits per heavy atom. The van der Waals surface area contributed by atoms with Crippen molar-refractivity contribution in [2.45, 2.75) is 0 Å². The van der Waals surface area contributed by atoms with E-state index in [1.165, 1.54) is 12.1 Å². The van der Waals surface area contributed by atoms with Gasteiger partial charge < -0.3 is 15.3 Å². The molecule has 0 heterocycles. The van der Waals surface area contributed by atoms with Gasteiger partial charge in [0.15, 0.2) is 0 Å². The second kappa shape index (κ2) is 6.35. The van der Waals surface area contributed by atoms with E-state index in [1.807, 2.05) is 24.3 Å². The number of phenols is 3. The summed E-state index contributed by atoms with van der Waals surface area (Å²) in [6, 6.07) is 17.6. The van der Waals surface area contributed by atoms with Crippen molar-refractivity contribution in [2.24, 2.45) is 4.99 Å². The molecule has 0 aromatic heterocycles. The molecule has 0 saturated heterocycles. The minimum atomic E-state index is -0.146. The molecule has 0 saturated carbocycles. The van der Waals surface area contributed by atoms with Gasteiger partial charge in [-0.05, 0) is 47.2 Å². The Hall–Kier alpha value is -3.05. The number of aromatic hydroxyl groups is 3. The van der Waals surface area contributed by atoms with Gasteiger partial charge in [-0.25, -0.2) is 0 Å². The predicted octanol–water partition coefficient (Wildman–Crippen LogP) is 5.62. The van der Waals surface area contributed by atoms with E-state index in [0.717, 1.165) is 10.2 Å². The topological polar surface area (TPSA) is 73.1 Å². The van der Waals surface area contributed by atoms with Gasteiger partial charge >= 0.3 is 0 Å². The summed E-state index contributed by atoms with van der Waals surface area (Å²) in [5, 5.41) is 33.0. The molecule has 0 amide bonds. The summed E-state index contributed by atoms with van der Waals surface area (Å²) in [7, 11) is 0. The zero-order valence-electron chi connectivity index (χ0n) is 13.5. The minimum absolute atomic E-state index is 0.0524. The van der Waals surface area contributed by atoms with Gasteiger partial charge in [0.05, 0.1) is 16.5 Å². The lowest BCUT2D eigenvalue weighted by molar-refractivity contribution is 0.460. The predicted molar refractivity (Wildman–Crippen MR) is 108 cm³/mol. The van der Waals surface area contributed by atoms with Gasteiger partial charge in [-0.15, -0.1) is 0 Å². The van der Waals surface area contributed by atoms with Crippen LogP contribution in [0.1, 0.15) is 5.56 Å². The second-order valence-electron chi connectivity index (χ2n) is 5.90. The van der Waals surface area contributed by atoms with Crippen LogP contribution in [0.5, 0.6) is 17.2 Å². The maximum Gasteiger partial charge on any atom is 0.138 e. The van der Waals surface area contributed by atoms with Crippen molar-refractivity contribution in [1.82, 2.24) is 0 Å². The zero-order valence-corrected chi connectivity index (χ0v) is 15.1. The molecule has 0 aliphatic heterocycles. The standard InChI is InChI=1S/C21H14BrNO3/c22-12-7-9-13(10-8-12)23-11-16-14-3-1-5-17(24)19(14)21(26)20-15(16)4-2-6-18(20)25/h1-11,24-26H. The molecule has 4 rings (SSSR count). The van der Waals surface area contributed by atoms with Crippen molar-refractivity contribution >= 4 is 49.4 Å². The van der Waals surface area contributed by atoms with Crippen LogP contribution in [0.3, 0.4) is 0 Å². The van der Waals surface area contributed by atoms with Crippen molar-refractivity contribution in [3.8, 4) is 17.2 Å². The van der Waals surface area contributed by atoms with Gasteiger partial charge in [-0.1, -0.05) is 40.2 Å². The molecule has 26 heavy (non-hydrogen) atoms. The first-order valence-corrected chi connectivity index (χ1v) is 8.73. The molecule has 0 aliphatic rings. The molecular weight excluding hydrogens is 394 g/mol. The molecule has 4 aromatic carbocycles. The molecule has 0 aliphatic carbocycles. The van der Waals surface area contributed by atoms with Crippen molar-refractivity contribution in [3.63, 3.8) is 0 Å². The number of halogens is 1. The van der Waals surface area contributed by atoms with Crippen molar-refractivity contribution < 1.29 is 15.3 Å². The van der Waals surface area contributed by atoms with Crippen molar-refractivity contribution in [1.29, 1.82) is 0 Å². The van der Waals surface area contributed by atoms with Crippen LogP contribution >= 0.6 is 15.9 Å². The third-order valence-corrected chi connectivity index (χ3v) is 4.84. The molecule has 0 unspecified atom stereocenters. The second-order valence-corrected chi connectivity index (χ2v) is 6.81. The SMILES string of the molecule is Oc1cccc2c(C=Nc3ccc(Br)cc3)c3cccc(O)c3c(O)c12. The summed E-state index contributed by atoms with van der Waals surface area (Å²) in [4.78, 5) is 4.52. The van der Waals surface area contributed by atoms with E-state index in [9.17, 15) is 15.3 Å². The molecular formula is C21H14BrNO3. The molecule has 5 heteroatoms. The summed E-state index contributed by atoms with van der Waals surface area (Å²) >= 11 is 3.40. The highest BCUT2D eigenvalue weighted by molar-refractivity contribution is 9.10. The normalized spacial score (nSPS) is 11.6. The van der Waals surface area contributed by atoms with Crippen LogP contribution in [0.15, 0.2) is 70.1 Å². The number of nitrogens with zero attached hydrogens (tertiary/aromatic N) is 1. The minimum Gasteiger partial charge on any atom is -0.507 e. The number of hydrogen-bond acceptors (Lipinski definition) is 4. The molecule has 128 valence electrons. The van der Waals surface area contributed by atoms with E-state index in [1.54, 1.807) is 30.5 Å². The van der Waals surface area contributed by atoms with Crippen LogP contribution in [0.2, 0.25) is 0 Å². The van der Waals surface area contributed by atoms with E-state index < -0.39 is 0 Å². The van der Waals surface area contributed by atoms with Gasteiger partial charge in [0, 0.05) is 16.3 Å². The number of phenolic OH excluding ortho intramolecular Hbond substituents is 3. The summed E-state index contributed by atoms with van der Waals surface area (Å²) in [5.41, 5.74) is 1.48. The largest absolute Gasteiger partial charge is 0.507 e. The first-order valence-electron chi connectivity index (χ1n) is 7.94. The fourth-order valence-electron chi connectivity index (χ4n) is 3.10. The first-order chi connectivity index (χ1) is 12.6. The van der Waals surface area contributed by atoms with Gasteiger partial charge in [0.2, 0.25) is 0 Å². The smallest absolute Gasteiger partial charge is 0.138 e. The Kier molecular flexibility index (Phi) is 4.01. The number of fused-ring (bicyclic) bond motifs is 2. The number of hydrogen-bond donors (Lipinski definition) is 3. The fraction of sp³-hybridized carbons (Fsp3) is 0. The van der Waals surface area contributed by atoms with Gasteiger partial charge in [-0.2, -0.15) is 0 Å². The summed E-state index contributed by atoms with van der Waals surface area (Å²) in [6.07, 6.45) is 1.69. The average Bonchev–Trinajstić information content (AvgIpc) is 2.63. The molecule has 3 N–H and O–H groups in total. The third kappa shape index (κ3) is 2.66. The summed E-state index contributed by atoms with van der Waals surface area (Å²) in [5.74, 6) is -0.251. The summed E-state index contributed by atoms with van der Waals surface area (Å²) < 4.78 is 0.965. The quantitative estimate of drug-likeness (QED) is 0.298. The van der Waals surface area contributed by atoms with Crippen LogP contribution in [-0.2, 0) is 0 Å². The van der Waals surface area contributed by atoms with Crippen LogP contribution < -0.4 is 0 Å². The van der Waals surface area contributed by atoms with Crippen molar-refractivity contribution in [3.05, 3.63) is 70.7 Å². The number of aliphatic imine (C=N–C) groups is 1. The molecule has 4 aromatic rings. The monoisotopic (exact) mass is 407 g/mol. The zero-order chi connectivity index (χ0) is 18.3. The van der Waals surface area contributed by atoms with Crippen LogP contribution in [0, 0.1) is 0 Å². The van der Waals surface area contributed by atoms with Gasteiger partial charge in [0.25, 0.3) is 0 Å². The molecule has 0 spiro atoms. The van der Waals surface area contributed by atoms with E-state index >= 15 is 0 Å². The third-order valence-electron chi connectivity index (χ3n) is 4.31. The van der Waals surface area contributed by atoms with Gasteiger partial charge in [0.1, 0.15) is 17.2 Å². The maximum absolute atomic E-state index is 10.6. The Morgan fingerprint density at radius 1 is 0.731 bits per heavy atom. The molecule has 0 bridgehead atoms. The highest BCUT2D eigenvalue weighted by Gasteiger charge is 2.17. The Bertz CT molecular complexity index is 1100. The maximum atomic E-state index is 10.6. The van der Waals surface area contributed by atoms with E-state index in [4.69, 9.17) is 0 Å². The summed E-state index contributed by atoms with van der Waals surface area (Å²) in [6.45, 7) is 0. The molecule has 0 fully saturated rings. The number of rotatable bonds is 2. The number of benzene rings is 4. The van der Waals surface area contributed by atoms with E-state index in [2.05, 4.69) is 20.9 Å². The molecule has 0 radical (unpaired) electrons. The Labute approximate surface area is 157 Å². The highest BCUT2D eigenvalue weighted by Crippen LogP contribution is 2.44. The van der Waals surface area contributed by atoms with Crippen LogP contribution in [0.25, 0.3) is 21.5 Å². The lowest BCUT2D eigenvalue weighted by Gasteiger charge is -2.13. The average molecular weight is 408 g/mol. The van der Waals surface area contributed by atoms with Crippen molar-refractivity contribution in [2.75, 3.05) is 0 Å². The lowest BCUT2D eigenvalue weighted by Crippen LogP contribution is -1.90. The van der Waals surface area contributed by atoms with E-state index in [0.29, 0.717) is 27.1 Å². The Morgan fingerprint density at radius 3 is 1.81 bits per heavy atom. The van der Waals surface area contributed by atoms with E-state index in [-0.39, 0.29) is 17.2 Å². The Balaban J connectivity index is 2.05. The van der Waals surface area contributed by atoms with Crippen LogP contribution in [-0.4, -0.2) is 21.5 Å². The molecule has 4 nitrogen and oxygen atoms in total. The first kappa shape index (κ1) is 16.4. The highest BCUT2D eigenvalue weighted by atomic mass is 79.9. The van der Waals surface area contributed by atoms with Crippen LogP contribution in [0.4, 0.5) is 5.69 Å².